The van der Waals surface area contributed by atoms with Crippen molar-refractivity contribution in [3.63, 3.8) is 0 Å². The average Bonchev–Trinajstić information content (AvgIpc) is 3.08. The van der Waals surface area contributed by atoms with Gasteiger partial charge in [0, 0.05) is 12.4 Å². The molecular weight excluding hydrogens is 365 g/mol. The second-order valence-electron chi connectivity index (χ2n) is 4.96. The predicted molar refractivity (Wildman–Crippen MR) is 86.3 cm³/mol. The second kappa shape index (κ2) is 6.74. The topological polar surface area (TPSA) is 64.7 Å². The summed E-state index contributed by atoms with van der Waals surface area (Å²) in [6.07, 6.45) is 6.58. The summed E-state index contributed by atoms with van der Waals surface area (Å²) in [5, 5.41) is 10.9. The molecule has 0 bridgehead atoms. The number of benzene rings is 1. The average molecular weight is 378 g/mol. The van der Waals surface area contributed by atoms with Gasteiger partial charge in [0.25, 0.3) is 0 Å². The van der Waals surface area contributed by atoms with Crippen LogP contribution in [0, 0.1) is 5.82 Å². The minimum atomic E-state index is -0.284. The zero-order valence-electron chi connectivity index (χ0n) is 12.0. The summed E-state index contributed by atoms with van der Waals surface area (Å²) >= 11 is 3.27. The Hall–Kier alpha value is -2.48. The molecule has 23 heavy (non-hydrogen) atoms. The molecule has 3 rings (SSSR count). The summed E-state index contributed by atoms with van der Waals surface area (Å²) in [4.78, 5) is 11.9. The number of anilines is 1. The van der Waals surface area contributed by atoms with Crippen LogP contribution in [-0.2, 0) is 17.9 Å². The van der Waals surface area contributed by atoms with Crippen molar-refractivity contribution >= 4 is 27.5 Å². The van der Waals surface area contributed by atoms with Crippen LogP contribution in [0.2, 0.25) is 0 Å². The van der Waals surface area contributed by atoms with E-state index in [9.17, 15) is 9.18 Å². The van der Waals surface area contributed by atoms with E-state index in [-0.39, 0.29) is 18.3 Å². The molecule has 6 nitrogen and oxygen atoms in total. The lowest BCUT2D eigenvalue weighted by atomic mass is 10.2. The van der Waals surface area contributed by atoms with Crippen LogP contribution in [0.1, 0.15) is 5.56 Å². The lowest BCUT2D eigenvalue weighted by Gasteiger charge is -2.03. The van der Waals surface area contributed by atoms with Gasteiger partial charge in [0.2, 0.25) is 5.91 Å². The molecule has 0 aliphatic heterocycles. The maximum absolute atomic E-state index is 13.2. The van der Waals surface area contributed by atoms with E-state index in [0.717, 1.165) is 10.0 Å². The van der Waals surface area contributed by atoms with Crippen LogP contribution in [0.4, 0.5) is 10.1 Å². The lowest BCUT2D eigenvalue weighted by Crippen LogP contribution is -2.18. The van der Waals surface area contributed by atoms with Crippen molar-refractivity contribution in [2.45, 2.75) is 13.1 Å². The molecule has 0 fully saturated rings. The van der Waals surface area contributed by atoms with Crippen molar-refractivity contribution in [1.82, 2.24) is 19.6 Å². The number of carbonyl (C=O) groups is 1. The van der Waals surface area contributed by atoms with Crippen molar-refractivity contribution in [2.75, 3.05) is 5.32 Å². The van der Waals surface area contributed by atoms with Crippen molar-refractivity contribution in [3.05, 3.63) is 64.9 Å². The molecule has 1 aromatic carbocycles. The fourth-order valence-electron chi connectivity index (χ4n) is 2.11. The molecule has 1 amide bonds. The number of amides is 1. The highest BCUT2D eigenvalue weighted by Gasteiger charge is 2.07. The normalized spacial score (nSPS) is 10.7. The molecule has 0 aliphatic carbocycles. The standard InChI is InChI=1S/C15H13BrFN5O/c16-12-5-18-22(8-12)10-15(23)20-14-6-19-21(9-14)7-11-2-1-3-13(17)4-11/h1-6,8-9H,7,10H2,(H,20,23). The Kier molecular flexibility index (Phi) is 4.52. The summed E-state index contributed by atoms with van der Waals surface area (Å²) in [5.41, 5.74) is 1.38. The Bertz CT molecular complexity index is 829. The zero-order chi connectivity index (χ0) is 16.2. The highest BCUT2D eigenvalue weighted by atomic mass is 79.9. The monoisotopic (exact) mass is 377 g/mol. The number of nitrogens with one attached hydrogen (secondary N) is 1. The first-order chi connectivity index (χ1) is 11.1. The molecule has 0 radical (unpaired) electrons. The van der Waals surface area contributed by atoms with Gasteiger partial charge < -0.3 is 5.32 Å². The highest BCUT2D eigenvalue weighted by Crippen LogP contribution is 2.10. The highest BCUT2D eigenvalue weighted by molar-refractivity contribution is 9.10. The van der Waals surface area contributed by atoms with Gasteiger partial charge in [-0.05, 0) is 33.6 Å². The molecule has 1 N–H and O–H groups in total. The summed E-state index contributed by atoms with van der Waals surface area (Å²) in [7, 11) is 0. The predicted octanol–water partition coefficient (Wildman–Crippen LogP) is 2.67. The smallest absolute Gasteiger partial charge is 0.246 e. The molecule has 0 atom stereocenters. The number of hydrogen-bond acceptors (Lipinski definition) is 3. The Morgan fingerprint density at radius 3 is 2.78 bits per heavy atom. The minimum Gasteiger partial charge on any atom is -0.322 e. The number of rotatable bonds is 5. The van der Waals surface area contributed by atoms with E-state index in [0.29, 0.717) is 12.2 Å². The Labute approximate surface area is 140 Å². The van der Waals surface area contributed by atoms with Crippen LogP contribution < -0.4 is 5.32 Å². The molecule has 0 unspecified atom stereocenters. The SMILES string of the molecule is O=C(Cn1cc(Br)cn1)Nc1cnn(Cc2cccc(F)c2)c1. The maximum atomic E-state index is 13.2. The Morgan fingerprint density at radius 2 is 2.04 bits per heavy atom. The summed E-state index contributed by atoms with van der Waals surface area (Å²) < 4.78 is 17.1. The first kappa shape index (κ1) is 15.4. The van der Waals surface area contributed by atoms with Gasteiger partial charge in [-0.3, -0.25) is 14.2 Å². The van der Waals surface area contributed by atoms with Crippen LogP contribution in [-0.4, -0.2) is 25.5 Å². The van der Waals surface area contributed by atoms with E-state index in [1.54, 1.807) is 35.5 Å². The molecule has 0 aliphatic rings. The molecule has 0 saturated carbocycles. The molecule has 3 aromatic rings. The summed E-state index contributed by atoms with van der Waals surface area (Å²) in [6.45, 7) is 0.542. The van der Waals surface area contributed by atoms with Crippen molar-refractivity contribution < 1.29 is 9.18 Å². The fraction of sp³-hybridized carbons (Fsp3) is 0.133. The number of aromatic nitrogens is 4. The third-order valence-corrected chi connectivity index (χ3v) is 3.47. The van der Waals surface area contributed by atoms with E-state index in [1.807, 2.05) is 6.07 Å². The Morgan fingerprint density at radius 1 is 1.22 bits per heavy atom. The first-order valence-electron chi connectivity index (χ1n) is 6.83. The van der Waals surface area contributed by atoms with Crippen LogP contribution in [0.5, 0.6) is 0 Å². The fourth-order valence-corrected chi connectivity index (χ4v) is 2.44. The molecule has 0 saturated heterocycles. The van der Waals surface area contributed by atoms with Gasteiger partial charge in [0.05, 0.1) is 29.1 Å². The second-order valence-corrected chi connectivity index (χ2v) is 5.88. The molecular formula is C15H13BrFN5O. The summed E-state index contributed by atoms with van der Waals surface area (Å²) in [5.74, 6) is -0.487. The molecule has 2 heterocycles. The third-order valence-electron chi connectivity index (χ3n) is 3.06. The van der Waals surface area contributed by atoms with Crippen LogP contribution in [0.25, 0.3) is 0 Å². The van der Waals surface area contributed by atoms with E-state index in [4.69, 9.17) is 0 Å². The summed E-state index contributed by atoms with van der Waals surface area (Å²) in [6, 6.07) is 6.32. The van der Waals surface area contributed by atoms with Gasteiger partial charge in [0.15, 0.2) is 0 Å². The number of halogens is 2. The van der Waals surface area contributed by atoms with Crippen LogP contribution in [0.3, 0.4) is 0 Å². The van der Waals surface area contributed by atoms with Crippen molar-refractivity contribution in [2.24, 2.45) is 0 Å². The van der Waals surface area contributed by atoms with Gasteiger partial charge in [-0.25, -0.2) is 4.39 Å². The quantitative estimate of drug-likeness (QED) is 0.743. The maximum Gasteiger partial charge on any atom is 0.246 e. The van der Waals surface area contributed by atoms with E-state index < -0.39 is 0 Å². The van der Waals surface area contributed by atoms with Gasteiger partial charge in [-0.15, -0.1) is 0 Å². The van der Waals surface area contributed by atoms with Gasteiger partial charge in [0.1, 0.15) is 12.4 Å². The third kappa shape index (κ3) is 4.26. The van der Waals surface area contributed by atoms with E-state index in [1.165, 1.54) is 16.8 Å². The zero-order valence-corrected chi connectivity index (χ0v) is 13.6. The molecule has 0 spiro atoms. The number of carbonyl (C=O) groups excluding carboxylic acids is 1. The first-order valence-corrected chi connectivity index (χ1v) is 7.62. The Balaban J connectivity index is 1.59. The molecule has 2 aromatic heterocycles. The van der Waals surface area contributed by atoms with Gasteiger partial charge in [-0.2, -0.15) is 10.2 Å². The van der Waals surface area contributed by atoms with Gasteiger partial charge >= 0.3 is 0 Å². The minimum absolute atomic E-state index is 0.112. The van der Waals surface area contributed by atoms with Crippen LogP contribution >= 0.6 is 15.9 Å². The molecule has 8 heteroatoms. The van der Waals surface area contributed by atoms with Crippen molar-refractivity contribution in [3.8, 4) is 0 Å². The lowest BCUT2D eigenvalue weighted by molar-refractivity contribution is -0.116. The van der Waals surface area contributed by atoms with Crippen molar-refractivity contribution in [1.29, 1.82) is 0 Å². The molecule has 118 valence electrons. The number of nitrogens with zero attached hydrogens (tertiary/aromatic N) is 4. The van der Waals surface area contributed by atoms with E-state index >= 15 is 0 Å². The van der Waals surface area contributed by atoms with E-state index in [2.05, 4.69) is 31.4 Å². The van der Waals surface area contributed by atoms with Gasteiger partial charge in [-0.1, -0.05) is 12.1 Å². The number of hydrogen-bond donors (Lipinski definition) is 1. The van der Waals surface area contributed by atoms with Crippen LogP contribution in [0.15, 0.2) is 53.5 Å². The largest absolute Gasteiger partial charge is 0.322 e.